The van der Waals surface area contributed by atoms with Gasteiger partial charge in [-0.15, -0.1) is 0 Å². The summed E-state index contributed by atoms with van der Waals surface area (Å²) in [6, 6.07) is 38.0. The molecule has 0 radical (unpaired) electrons. The van der Waals surface area contributed by atoms with E-state index in [2.05, 4.69) is 30.4 Å². The highest BCUT2D eigenvalue weighted by molar-refractivity contribution is 6.04. The van der Waals surface area contributed by atoms with Crippen molar-refractivity contribution < 1.29 is 18.9 Å². The van der Waals surface area contributed by atoms with Gasteiger partial charge in [-0.05, 0) is 83.9 Å². The standard InChI is InChI=1S/2C24H20N4O3/c1-30-19-11-10-15(14-20(19)31-2)13-18-21-22(27-26-18)17-9-6-12-25-23(17)28(24(21)29)16-7-4-3-5-8-16;1-30-17-11-15(12-18(14-17)31-2)13-20-21-22(27-26-20)19-9-6-10-25-23(19)28(24(21)29)16-7-4-3-5-8-16/h2*3-12,14H,13H2,1-2H3,(H,26,27). The molecule has 14 heteroatoms. The van der Waals surface area contributed by atoms with E-state index in [1.807, 2.05) is 121 Å². The maximum absolute atomic E-state index is 13.7. The highest BCUT2D eigenvalue weighted by Crippen LogP contribution is 2.31. The van der Waals surface area contributed by atoms with Crippen molar-refractivity contribution in [1.29, 1.82) is 0 Å². The van der Waals surface area contributed by atoms with Crippen LogP contribution in [-0.4, -0.2) is 67.9 Å². The van der Waals surface area contributed by atoms with Gasteiger partial charge in [0.15, 0.2) is 11.5 Å². The zero-order valence-electron chi connectivity index (χ0n) is 34.2. The summed E-state index contributed by atoms with van der Waals surface area (Å²) < 4.78 is 24.8. The summed E-state index contributed by atoms with van der Waals surface area (Å²) >= 11 is 0. The lowest BCUT2D eigenvalue weighted by atomic mass is 10.1. The Labute approximate surface area is 354 Å². The third-order valence-corrected chi connectivity index (χ3v) is 10.7. The topological polar surface area (TPSA) is 164 Å². The maximum Gasteiger partial charge on any atom is 0.268 e. The molecule has 6 heterocycles. The molecule has 0 saturated heterocycles. The molecule has 0 aliphatic carbocycles. The Hall–Kier alpha value is -8.26. The van der Waals surface area contributed by atoms with Crippen molar-refractivity contribution in [2.75, 3.05) is 28.4 Å². The van der Waals surface area contributed by atoms with Crippen molar-refractivity contribution in [3.8, 4) is 34.4 Å². The predicted octanol–water partition coefficient (Wildman–Crippen LogP) is 7.74. The summed E-state index contributed by atoms with van der Waals surface area (Å²) in [6.07, 6.45) is 4.33. The fourth-order valence-corrected chi connectivity index (χ4v) is 7.80. The fraction of sp³-hybridized carbons (Fsp3) is 0.125. The normalized spacial score (nSPS) is 11.2. The van der Waals surface area contributed by atoms with E-state index in [-0.39, 0.29) is 11.1 Å². The Morgan fingerprint density at radius 3 is 1.45 bits per heavy atom. The SMILES string of the molecule is COc1cc(Cc2[nH]nc3c2c(=O)n(-c2ccccc2)c2ncccc32)cc(OC)c1.COc1ccc(Cc2[nH]nc3c2c(=O)n(-c2ccccc2)c2ncccc32)cc1OC. The number of nitrogens with zero attached hydrogens (tertiary/aromatic N) is 6. The van der Waals surface area contributed by atoms with E-state index in [0.717, 1.165) is 44.7 Å². The number of hydrogen-bond donors (Lipinski definition) is 2. The van der Waals surface area contributed by atoms with Crippen LogP contribution in [0.4, 0.5) is 0 Å². The van der Waals surface area contributed by atoms with Crippen molar-refractivity contribution in [3.63, 3.8) is 0 Å². The summed E-state index contributed by atoms with van der Waals surface area (Å²) in [5.74, 6) is 2.67. The van der Waals surface area contributed by atoms with E-state index in [1.165, 1.54) is 0 Å². The smallest absolute Gasteiger partial charge is 0.268 e. The lowest BCUT2D eigenvalue weighted by molar-refractivity contribution is 0.354. The van der Waals surface area contributed by atoms with Crippen molar-refractivity contribution in [3.05, 3.63) is 177 Å². The summed E-state index contributed by atoms with van der Waals surface area (Å²) in [5, 5.41) is 17.8. The molecule has 0 aliphatic rings. The summed E-state index contributed by atoms with van der Waals surface area (Å²) in [4.78, 5) is 36.3. The third kappa shape index (κ3) is 7.12. The largest absolute Gasteiger partial charge is 0.497 e. The molecule has 0 spiro atoms. The quantitative estimate of drug-likeness (QED) is 0.139. The van der Waals surface area contributed by atoms with Gasteiger partial charge in [-0.3, -0.25) is 28.9 Å². The molecule has 308 valence electrons. The van der Waals surface area contributed by atoms with Gasteiger partial charge in [0.2, 0.25) is 0 Å². The van der Waals surface area contributed by atoms with Crippen LogP contribution in [0.15, 0.2) is 143 Å². The van der Waals surface area contributed by atoms with Gasteiger partial charge in [0, 0.05) is 42.1 Å². The molecule has 0 aliphatic heterocycles. The van der Waals surface area contributed by atoms with Gasteiger partial charge in [-0.1, -0.05) is 42.5 Å². The van der Waals surface area contributed by atoms with Gasteiger partial charge >= 0.3 is 0 Å². The summed E-state index contributed by atoms with van der Waals surface area (Å²) in [7, 11) is 6.43. The Morgan fingerprint density at radius 1 is 0.500 bits per heavy atom. The number of fused-ring (bicyclic) bond motifs is 6. The monoisotopic (exact) mass is 824 g/mol. The van der Waals surface area contributed by atoms with Crippen LogP contribution in [0.1, 0.15) is 22.5 Å². The predicted molar refractivity (Wildman–Crippen MR) is 239 cm³/mol. The molecule has 2 N–H and O–H groups in total. The van der Waals surface area contributed by atoms with Gasteiger partial charge in [0.25, 0.3) is 11.1 Å². The minimum Gasteiger partial charge on any atom is -0.497 e. The van der Waals surface area contributed by atoms with Crippen LogP contribution in [-0.2, 0) is 12.8 Å². The average molecular weight is 825 g/mol. The second-order valence-corrected chi connectivity index (χ2v) is 14.3. The molecule has 10 aromatic rings. The molecular formula is C48H40N8O6. The highest BCUT2D eigenvalue weighted by Gasteiger charge is 2.21. The van der Waals surface area contributed by atoms with E-state index in [4.69, 9.17) is 18.9 Å². The molecule has 0 unspecified atom stereocenters. The number of nitrogens with one attached hydrogen (secondary N) is 2. The minimum absolute atomic E-state index is 0.156. The number of para-hydroxylation sites is 2. The van der Waals surface area contributed by atoms with Crippen LogP contribution >= 0.6 is 0 Å². The van der Waals surface area contributed by atoms with E-state index in [9.17, 15) is 9.59 Å². The van der Waals surface area contributed by atoms with E-state index in [1.54, 1.807) is 50.0 Å². The van der Waals surface area contributed by atoms with Gasteiger partial charge in [-0.2, -0.15) is 10.2 Å². The summed E-state index contributed by atoms with van der Waals surface area (Å²) in [6.45, 7) is 0. The molecule has 14 nitrogen and oxygen atoms in total. The van der Waals surface area contributed by atoms with E-state index in [0.29, 0.717) is 68.9 Å². The maximum atomic E-state index is 13.7. The minimum atomic E-state index is -0.161. The third-order valence-electron chi connectivity index (χ3n) is 10.7. The van der Waals surface area contributed by atoms with Crippen molar-refractivity contribution in [2.45, 2.75) is 12.8 Å². The van der Waals surface area contributed by atoms with Crippen LogP contribution in [0.25, 0.3) is 55.2 Å². The first-order valence-electron chi connectivity index (χ1n) is 19.7. The van der Waals surface area contributed by atoms with Gasteiger partial charge < -0.3 is 18.9 Å². The van der Waals surface area contributed by atoms with Crippen LogP contribution in [0.3, 0.4) is 0 Å². The first-order chi connectivity index (χ1) is 30.4. The number of methoxy groups -OCH3 is 4. The number of benzene rings is 4. The second kappa shape index (κ2) is 16.8. The van der Waals surface area contributed by atoms with Crippen molar-refractivity contribution >= 4 is 43.9 Å². The van der Waals surface area contributed by atoms with Gasteiger partial charge in [0.05, 0.1) is 62.0 Å². The number of aromatic nitrogens is 8. The first-order valence-corrected chi connectivity index (χ1v) is 19.7. The Balaban J connectivity index is 0.000000158. The number of aromatic amines is 2. The molecule has 62 heavy (non-hydrogen) atoms. The van der Waals surface area contributed by atoms with E-state index >= 15 is 0 Å². The van der Waals surface area contributed by atoms with Gasteiger partial charge in [-0.25, -0.2) is 9.97 Å². The Morgan fingerprint density at radius 2 is 0.984 bits per heavy atom. The second-order valence-electron chi connectivity index (χ2n) is 14.3. The molecule has 6 aromatic heterocycles. The molecular weight excluding hydrogens is 785 g/mol. The van der Waals surface area contributed by atoms with Crippen LogP contribution in [0.5, 0.6) is 23.0 Å². The zero-order valence-corrected chi connectivity index (χ0v) is 34.2. The van der Waals surface area contributed by atoms with E-state index < -0.39 is 0 Å². The molecule has 0 saturated carbocycles. The number of H-pyrrole nitrogens is 2. The van der Waals surface area contributed by atoms with Crippen LogP contribution in [0.2, 0.25) is 0 Å². The van der Waals surface area contributed by atoms with Crippen LogP contribution in [0, 0.1) is 0 Å². The Bertz CT molecular complexity index is 3340. The summed E-state index contributed by atoms with van der Waals surface area (Å²) in [5.41, 5.74) is 6.98. The number of hydrogen-bond acceptors (Lipinski definition) is 10. The molecule has 10 rings (SSSR count). The number of ether oxygens (including phenoxy) is 4. The molecule has 0 fully saturated rings. The first kappa shape index (κ1) is 39.2. The number of rotatable bonds is 10. The van der Waals surface area contributed by atoms with Crippen molar-refractivity contribution in [2.24, 2.45) is 0 Å². The van der Waals surface area contributed by atoms with Crippen molar-refractivity contribution in [1.82, 2.24) is 39.5 Å². The van der Waals surface area contributed by atoms with Crippen LogP contribution < -0.4 is 30.1 Å². The lowest BCUT2D eigenvalue weighted by Gasteiger charge is -2.11. The fourth-order valence-electron chi connectivity index (χ4n) is 7.80. The molecule has 0 amide bonds. The molecule has 0 bridgehead atoms. The highest BCUT2D eigenvalue weighted by atomic mass is 16.5. The lowest BCUT2D eigenvalue weighted by Crippen LogP contribution is -2.20. The average Bonchev–Trinajstić information content (AvgIpc) is 3.95. The Kier molecular flexibility index (Phi) is 10.6. The zero-order chi connectivity index (χ0) is 42.7. The van der Waals surface area contributed by atoms with Gasteiger partial charge in [0.1, 0.15) is 33.8 Å². The number of pyridine rings is 4. The molecule has 4 aromatic carbocycles. The molecule has 0 atom stereocenters.